The smallest absolute Gasteiger partial charge is 0.203 e. The molecule has 2 rings (SSSR count). The van der Waals surface area contributed by atoms with Crippen LogP contribution < -0.4 is 10.2 Å². The van der Waals surface area contributed by atoms with E-state index in [0.29, 0.717) is 0 Å². The first-order chi connectivity index (χ1) is 10.3. The minimum absolute atomic E-state index is 0.784. The Kier molecular flexibility index (Phi) is 6.22. The number of aromatic nitrogens is 1. The third-order valence-electron chi connectivity index (χ3n) is 2.89. The fraction of sp³-hybridized carbons (Fsp3) is 0.375. The van der Waals surface area contributed by atoms with Gasteiger partial charge in [0.25, 0.3) is 0 Å². The lowest BCUT2D eigenvalue weighted by Crippen LogP contribution is -1.97. The Morgan fingerprint density at radius 3 is 2.76 bits per heavy atom. The highest BCUT2D eigenvalue weighted by atomic mass is 32.1. The zero-order valence-electron chi connectivity index (χ0n) is 12.5. The first-order valence-electron chi connectivity index (χ1n) is 7.22. The number of unbranched alkanes of at least 4 members (excludes halogenated alkanes) is 2. The van der Waals surface area contributed by atoms with Crippen molar-refractivity contribution in [3.8, 4) is 5.75 Å². The van der Waals surface area contributed by atoms with Crippen LogP contribution in [0.2, 0.25) is 0 Å². The molecular weight excluding hydrogens is 282 g/mol. The Morgan fingerprint density at radius 1 is 1.29 bits per heavy atom. The zero-order chi connectivity index (χ0) is 14.9. The van der Waals surface area contributed by atoms with Crippen molar-refractivity contribution >= 4 is 22.7 Å². The Bertz CT molecular complexity index is 563. The summed E-state index contributed by atoms with van der Waals surface area (Å²) in [6, 6.07) is 7.93. The molecule has 1 aromatic heterocycles. The second kappa shape index (κ2) is 8.42. The standard InChI is InChI=1S/C16H21N3OS/c1-3-4-5-10-20-15-8-6-14(7-9-15)11-17-19-16-18-13(2)12-21-16/h6-9,11-12H,3-5,10H2,1-2H3,(H,18,19). The minimum atomic E-state index is 0.784. The van der Waals surface area contributed by atoms with Crippen LogP contribution in [0.3, 0.4) is 0 Å². The number of anilines is 1. The van der Waals surface area contributed by atoms with Crippen LogP contribution >= 0.6 is 11.3 Å². The minimum Gasteiger partial charge on any atom is -0.494 e. The first kappa shape index (κ1) is 15.5. The third-order valence-corrected chi connectivity index (χ3v) is 3.75. The largest absolute Gasteiger partial charge is 0.494 e. The SMILES string of the molecule is CCCCCOc1ccc(C=NNc2nc(C)cs2)cc1. The molecule has 112 valence electrons. The van der Waals surface area contributed by atoms with E-state index in [9.17, 15) is 0 Å². The summed E-state index contributed by atoms with van der Waals surface area (Å²) < 4.78 is 5.67. The van der Waals surface area contributed by atoms with Crippen LogP contribution in [0.5, 0.6) is 5.75 Å². The van der Waals surface area contributed by atoms with Crippen LogP contribution in [0.15, 0.2) is 34.7 Å². The number of hydrazone groups is 1. The van der Waals surface area contributed by atoms with Gasteiger partial charge in [0.1, 0.15) is 5.75 Å². The van der Waals surface area contributed by atoms with Gasteiger partial charge in [-0.25, -0.2) is 4.98 Å². The van der Waals surface area contributed by atoms with Gasteiger partial charge in [-0.1, -0.05) is 19.8 Å². The molecule has 1 aromatic carbocycles. The molecule has 0 bridgehead atoms. The second-order valence-electron chi connectivity index (χ2n) is 4.79. The molecule has 5 heteroatoms. The Labute approximate surface area is 129 Å². The monoisotopic (exact) mass is 303 g/mol. The molecule has 0 atom stereocenters. The molecule has 1 heterocycles. The van der Waals surface area contributed by atoms with Crippen molar-refractivity contribution in [1.82, 2.24) is 4.98 Å². The molecule has 0 unspecified atom stereocenters. The maximum absolute atomic E-state index is 5.67. The summed E-state index contributed by atoms with van der Waals surface area (Å²) in [5.74, 6) is 0.909. The van der Waals surface area contributed by atoms with Crippen molar-refractivity contribution < 1.29 is 4.74 Å². The molecule has 2 aromatic rings. The van der Waals surface area contributed by atoms with Gasteiger partial charge in [-0.15, -0.1) is 11.3 Å². The van der Waals surface area contributed by atoms with E-state index in [1.807, 2.05) is 36.6 Å². The van der Waals surface area contributed by atoms with E-state index >= 15 is 0 Å². The van der Waals surface area contributed by atoms with Gasteiger partial charge in [0.15, 0.2) is 0 Å². The number of hydrogen-bond donors (Lipinski definition) is 1. The van der Waals surface area contributed by atoms with Gasteiger partial charge in [0.2, 0.25) is 5.13 Å². The van der Waals surface area contributed by atoms with Gasteiger partial charge in [-0.3, -0.25) is 5.43 Å². The lowest BCUT2D eigenvalue weighted by molar-refractivity contribution is 0.306. The van der Waals surface area contributed by atoms with Crippen molar-refractivity contribution in [1.29, 1.82) is 0 Å². The highest BCUT2D eigenvalue weighted by Gasteiger charge is 1.96. The highest BCUT2D eigenvalue weighted by molar-refractivity contribution is 7.13. The van der Waals surface area contributed by atoms with Crippen molar-refractivity contribution in [2.75, 3.05) is 12.0 Å². The maximum Gasteiger partial charge on any atom is 0.203 e. The molecule has 1 N–H and O–H groups in total. The van der Waals surface area contributed by atoms with E-state index in [0.717, 1.165) is 35.2 Å². The van der Waals surface area contributed by atoms with E-state index in [1.54, 1.807) is 17.6 Å². The van der Waals surface area contributed by atoms with E-state index in [1.165, 1.54) is 12.8 Å². The van der Waals surface area contributed by atoms with Crippen molar-refractivity contribution in [3.05, 3.63) is 40.9 Å². The van der Waals surface area contributed by atoms with Gasteiger partial charge in [0, 0.05) is 5.38 Å². The predicted octanol–water partition coefficient (Wildman–Crippen LogP) is 4.47. The molecular formula is C16H21N3OS. The summed E-state index contributed by atoms with van der Waals surface area (Å²) >= 11 is 1.54. The topological polar surface area (TPSA) is 46.5 Å². The van der Waals surface area contributed by atoms with Crippen LogP contribution in [0, 0.1) is 6.92 Å². The number of nitrogens with zero attached hydrogens (tertiary/aromatic N) is 2. The molecule has 4 nitrogen and oxygen atoms in total. The van der Waals surface area contributed by atoms with E-state index in [4.69, 9.17) is 4.74 Å². The average molecular weight is 303 g/mol. The normalized spacial score (nSPS) is 11.0. The summed E-state index contributed by atoms with van der Waals surface area (Å²) in [5.41, 5.74) is 4.95. The maximum atomic E-state index is 5.67. The number of nitrogens with one attached hydrogen (secondary N) is 1. The third kappa shape index (κ3) is 5.55. The summed E-state index contributed by atoms with van der Waals surface area (Å²) in [4.78, 5) is 4.28. The van der Waals surface area contributed by atoms with Crippen molar-refractivity contribution in [3.63, 3.8) is 0 Å². The zero-order valence-corrected chi connectivity index (χ0v) is 13.3. The van der Waals surface area contributed by atoms with Crippen molar-refractivity contribution in [2.24, 2.45) is 5.10 Å². The quantitative estimate of drug-likeness (QED) is 0.445. The summed E-state index contributed by atoms with van der Waals surface area (Å²) in [5, 5.41) is 6.97. The summed E-state index contributed by atoms with van der Waals surface area (Å²) in [6.07, 6.45) is 5.31. The fourth-order valence-electron chi connectivity index (χ4n) is 1.76. The van der Waals surface area contributed by atoms with E-state index in [2.05, 4.69) is 22.4 Å². The molecule has 21 heavy (non-hydrogen) atoms. The number of hydrogen-bond acceptors (Lipinski definition) is 5. The average Bonchev–Trinajstić information content (AvgIpc) is 2.91. The molecule has 0 radical (unpaired) electrons. The lowest BCUT2D eigenvalue weighted by Gasteiger charge is -2.05. The number of ether oxygens (including phenoxy) is 1. The molecule has 0 aliphatic rings. The number of benzene rings is 1. The van der Waals surface area contributed by atoms with E-state index in [-0.39, 0.29) is 0 Å². The molecule has 0 aliphatic carbocycles. The van der Waals surface area contributed by atoms with Gasteiger partial charge in [0.05, 0.1) is 18.5 Å². The molecule has 0 spiro atoms. The van der Waals surface area contributed by atoms with Crippen LogP contribution in [0.1, 0.15) is 37.4 Å². The molecule has 0 fully saturated rings. The Morgan fingerprint density at radius 2 is 2.10 bits per heavy atom. The highest BCUT2D eigenvalue weighted by Crippen LogP contribution is 2.14. The lowest BCUT2D eigenvalue weighted by atomic mass is 10.2. The van der Waals surface area contributed by atoms with Crippen LogP contribution in [0.25, 0.3) is 0 Å². The van der Waals surface area contributed by atoms with Gasteiger partial charge >= 0.3 is 0 Å². The van der Waals surface area contributed by atoms with Crippen LogP contribution in [-0.2, 0) is 0 Å². The molecule has 0 saturated carbocycles. The Hall–Kier alpha value is -1.88. The second-order valence-corrected chi connectivity index (χ2v) is 5.65. The fourth-order valence-corrected chi connectivity index (χ4v) is 2.40. The number of rotatable bonds is 8. The van der Waals surface area contributed by atoms with E-state index < -0.39 is 0 Å². The van der Waals surface area contributed by atoms with Gasteiger partial charge < -0.3 is 4.74 Å². The molecule has 0 amide bonds. The summed E-state index contributed by atoms with van der Waals surface area (Å²) in [6.45, 7) is 4.94. The van der Waals surface area contributed by atoms with Gasteiger partial charge in [-0.2, -0.15) is 5.10 Å². The first-order valence-corrected chi connectivity index (χ1v) is 8.10. The molecule has 0 saturated heterocycles. The predicted molar refractivity (Wildman–Crippen MR) is 89.5 cm³/mol. The van der Waals surface area contributed by atoms with Crippen LogP contribution in [-0.4, -0.2) is 17.8 Å². The Balaban J connectivity index is 1.78. The van der Waals surface area contributed by atoms with Crippen molar-refractivity contribution in [2.45, 2.75) is 33.1 Å². The molecule has 0 aliphatic heterocycles. The summed E-state index contributed by atoms with van der Waals surface area (Å²) in [7, 11) is 0. The van der Waals surface area contributed by atoms with Crippen LogP contribution in [0.4, 0.5) is 5.13 Å². The van der Waals surface area contributed by atoms with Gasteiger partial charge in [-0.05, 0) is 43.2 Å². The number of aryl methyl sites for hydroxylation is 1. The number of thiazole rings is 1.